The largest absolute Gasteiger partial charge is 0.477 e. The Hall–Kier alpha value is -2.77. The number of aromatic carboxylic acids is 1. The van der Waals surface area contributed by atoms with Crippen molar-refractivity contribution in [3.05, 3.63) is 74.5 Å². The van der Waals surface area contributed by atoms with E-state index >= 15 is 0 Å². The maximum absolute atomic E-state index is 14.0. The second-order valence-corrected chi connectivity index (χ2v) is 7.03. The molecule has 0 unspecified atom stereocenters. The lowest BCUT2D eigenvalue weighted by atomic mass is 10.1. The van der Waals surface area contributed by atoms with Crippen LogP contribution < -0.4 is 5.43 Å². The van der Waals surface area contributed by atoms with Gasteiger partial charge >= 0.3 is 5.97 Å². The fourth-order valence-corrected chi connectivity index (χ4v) is 3.21. The van der Waals surface area contributed by atoms with E-state index < -0.39 is 33.6 Å². The van der Waals surface area contributed by atoms with Crippen molar-refractivity contribution in [2.24, 2.45) is 0 Å². The molecule has 0 amide bonds. The van der Waals surface area contributed by atoms with Crippen LogP contribution in [-0.2, 0) is 6.42 Å². The first-order chi connectivity index (χ1) is 13.2. The van der Waals surface area contributed by atoms with Gasteiger partial charge in [-0.1, -0.05) is 23.7 Å². The number of hydrogen-bond acceptors (Lipinski definition) is 3. The topological polar surface area (TPSA) is 62.5 Å². The number of pyridine rings is 1. The molecular weight excluding hydrogens is 390 g/mol. The molecule has 8 heteroatoms. The van der Waals surface area contributed by atoms with Crippen molar-refractivity contribution in [2.45, 2.75) is 6.42 Å². The van der Waals surface area contributed by atoms with E-state index in [9.17, 15) is 23.5 Å². The summed E-state index contributed by atoms with van der Waals surface area (Å²) < 4.78 is 29.1. The Kier molecular flexibility index (Phi) is 5.49. The molecule has 3 aromatic rings. The maximum atomic E-state index is 14.0. The minimum atomic E-state index is -1.47. The van der Waals surface area contributed by atoms with Gasteiger partial charge < -0.3 is 14.6 Å². The zero-order valence-electron chi connectivity index (χ0n) is 15.2. The van der Waals surface area contributed by atoms with Crippen LogP contribution >= 0.6 is 11.6 Å². The molecule has 0 saturated carbocycles. The number of carboxylic acid groups (broad SMARTS) is 1. The first-order valence-electron chi connectivity index (χ1n) is 8.41. The van der Waals surface area contributed by atoms with E-state index in [4.69, 9.17) is 11.6 Å². The molecule has 28 heavy (non-hydrogen) atoms. The number of hydrogen-bond donors (Lipinski definition) is 1. The van der Waals surface area contributed by atoms with E-state index in [0.717, 1.165) is 24.7 Å². The second kappa shape index (κ2) is 7.69. The summed E-state index contributed by atoms with van der Waals surface area (Å²) in [5.74, 6) is -4.08. The number of carbonyl (C=O) groups is 1. The molecule has 0 saturated heterocycles. The molecule has 0 aliphatic heterocycles. The van der Waals surface area contributed by atoms with Crippen molar-refractivity contribution in [3.8, 4) is 5.69 Å². The van der Waals surface area contributed by atoms with Crippen LogP contribution in [0.1, 0.15) is 15.9 Å². The number of likely N-dealkylation sites (N-methyl/N-ethyl adjacent to an activating group) is 1. The second-order valence-electron chi connectivity index (χ2n) is 6.65. The average molecular weight is 407 g/mol. The lowest BCUT2D eigenvalue weighted by Gasteiger charge is -2.15. The molecule has 0 radical (unpaired) electrons. The fraction of sp³-hybridized carbons (Fsp3) is 0.200. The summed E-state index contributed by atoms with van der Waals surface area (Å²) in [6.45, 7) is 0.847. The number of benzene rings is 2. The Morgan fingerprint density at radius 2 is 1.86 bits per heavy atom. The smallest absolute Gasteiger partial charge is 0.341 e. The van der Waals surface area contributed by atoms with Gasteiger partial charge in [0.2, 0.25) is 5.43 Å². The Morgan fingerprint density at radius 1 is 1.21 bits per heavy atom. The molecule has 0 atom stereocenters. The van der Waals surface area contributed by atoms with Crippen molar-refractivity contribution in [1.29, 1.82) is 0 Å². The number of rotatable bonds is 5. The van der Waals surface area contributed by atoms with Gasteiger partial charge in [0, 0.05) is 18.4 Å². The van der Waals surface area contributed by atoms with Crippen molar-refractivity contribution < 1.29 is 18.7 Å². The molecule has 0 aliphatic carbocycles. The average Bonchev–Trinajstić information content (AvgIpc) is 2.65. The van der Waals surface area contributed by atoms with Crippen molar-refractivity contribution >= 4 is 28.5 Å². The minimum Gasteiger partial charge on any atom is -0.477 e. The summed E-state index contributed by atoms with van der Waals surface area (Å²) in [7, 11) is 3.92. The SMILES string of the molecule is CN(C)CCc1ccc(-n2cc(C(=O)O)c(=O)c3cc(F)c(F)c(Cl)c32)cc1. The van der Waals surface area contributed by atoms with E-state index in [0.29, 0.717) is 11.8 Å². The molecule has 3 rings (SSSR count). The number of fused-ring (bicyclic) bond motifs is 1. The van der Waals surface area contributed by atoms with Gasteiger partial charge in [0.15, 0.2) is 11.6 Å². The monoisotopic (exact) mass is 406 g/mol. The maximum Gasteiger partial charge on any atom is 0.341 e. The highest BCUT2D eigenvalue weighted by Crippen LogP contribution is 2.29. The van der Waals surface area contributed by atoms with E-state index in [-0.39, 0.29) is 10.9 Å². The number of halogens is 3. The predicted octanol–water partition coefficient (Wildman–Crippen LogP) is 3.72. The van der Waals surface area contributed by atoms with Gasteiger partial charge in [0.05, 0.1) is 10.9 Å². The van der Waals surface area contributed by atoms with Crippen LogP contribution in [0.25, 0.3) is 16.6 Å². The Bertz CT molecular complexity index is 1130. The molecule has 0 fully saturated rings. The summed E-state index contributed by atoms with van der Waals surface area (Å²) in [6, 6.07) is 7.78. The highest BCUT2D eigenvalue weighted by atomic mass is 35.5. The van der Waals surface area contributed by atoms with E-state index in [1.54, 1.807) is 12.1 Å². The van der Waals surface area contributed by atoms with Gasteiger partial charge in [-0.15, -0.1) is 0 Å². The fourth-order valence-electron chi connectivity index (χ4n) is 2.92. The van der Waals surface area contributed by atoms with Crippen LogP contribution in [0.2, 0.25) is 5.02 Å². The molecule has 2 aromatic carbocycles. The van der Waals surface area contributed by atoms with Gasteiger partial charge in [0.1, 0.15) is 10.6 Å². The Balaban J connectivity index is 2.25. The standard InChI is InChI=1S/C20H17ClF2N2O3/c1-24(2)8-7-11-3-5-12(6-4-11)25-10-14(20(27)28)19(26)13-9-15(22)17(23)16(21)18(13)25/h3-6,9-10H,7-8H2,1-2H3,(H,27,28). The van der Waals surface area contributed by atoms with Crippen molar-refractivity contribution in [3.63, 3.8) is 0 Å². The zero-order chi connectivity index (χ0) is 20.6. The van der Waals surface area contributed by atoms with Gasteiger partial charge in [-0.2, -0.15) is 0 Å². The quantitative estimate of drug-likeness (QED) is 0.656. The molecule has 0 bridgehead atoms. The van der Waals surface area contributed by atoms with Crippen LogP contribution in [0.3, 0.4) is 0 Å². The van der Waals surface area contributed by atoms with Gasteiger partial charge in [-0.05, 0) is 44.3 Å². The highest BCUT2D eigenvalue weighted by molar-refractivity contribution is 6.35. The Morgan fingerprint density at radius 3 is 2.43 bits per heavy atom. The molecule has 1 N–H and O–H groups in total. The van der Waals surface area contributed by atoms with Gasteiger partial charge in [-0.25, -0.2) is 13.6 Å². The van der Waals surface area contributed by atoms with Gasteiger partial charge in [-0.3, -0.25) is 4.79 Å². The number of aromatic nitrogens is 1. The molecule has 5 nitrogen and oxygen atoms in total. The first-order valence-corrected chi connectivity index (χ1v) is 8.78. The summed E-state index contributed by atoms with van der Waals surface area (Å²) in [4.78, 5) is 25.9. The third kappa shape index (κ3) is 3.63. The van der Waals surface area contributed by atoms with E-state index in [1.807, 2.05) is 31.1 Å². The minimum absolute atomic E-state index is 0.0865. The molecule has 146 valence electrons. The van der Waals surface area contributed by atoms with Crippen LogP contribution in [-0.4, -0.2) is 41.2 Å². The first kappa shape index (κ1) is 20.0. The summed E-state index contributed by atoms with van der Waals surface area (Å²) in [5.41, 5.74) is -0.0661. The Labute approximate surface area is 164 Å². The van der Waals surface area contributed by atoms with Gasteiger partial charge in [0.25, 0.3) is 0 Å². The molecule has 1 heterocycles. The third-order valence-corrected chi connectivity index (χ3v) is 4.76. The van der Waals surface area contributed by atoms with Crippen LogP contribution in [0.15, 0.2) is 41.3 Å². The highest BCUT2D eigenvalue weighted by Gasteiger charge is 2.21. The van der Waals surface area contributed by atoms with Crippen molar-refractivity contribution in [2.75, 3.05) is 20.6 Å². The predicted molar refractivity (Wildman–Crippen MR) is 104 cm³/mol. The summed E-state index contributed by atoms with van der Waals surface area (Å²) >= 11 is 5.98. The molecule has 0 spiro atoms. The lowest BCUT2D eigenvalue weighted by molar-refractivity contribution is 0.0695. The lowest BCUT2D eigenvalue weighted by Crippen LogP contribution is -2.19. The summed E-state index contributed by atoms with van der Waals surface area (Å²) in [6.07, 6.45) is 1.88. The van der Waals surface area contributed by atoms with Crippen LogP contribution in [0.4, 0.5) is 8.78 Å². The normalized spacial score (nSPS) is 11.4. The van der Waals surface area contributed by atoms with Crippen LogP contribution in [0, 0.1) is 11.6 Å². The number of nitrogens with zero attached hydrogens (tertiary/aromatic N) is 2. The van der Waals surface area contributed by atoms with E-state index in [1.165, 1.54) is 4.57 Å². The molecule has 1 aromatic heterocycles. The third-order valence-electron chi connectivity index (χ3n) is 4.42. The van der Waals surface area contributed by atoms with E-state index in [2.05, 4.69) is 0 Å². The zero-order valence-corrected chi connectivity index (χ0v) is 15.9. The molecule has 0 aliphatic rings. The number of carboxylic acids is 1. The molecular formula is C20H17ClF2N2O3. The van der Waals surface area contributed by atoms with Crippen LogP contribution in [0.5, 0.6) is 0 Å². The van der Waals surface area contributed by atoms with Crippen molar-refractivity contribution in [1.82, 2.24) is 9.47 Å². The summed E-state index contributed by atoms with van der Waals surface area (Å²) in [5, 5.41) is 8.45.